The van der Waals surface area contributed by atoms with Gasteiger partial charge in [0.05, 0.1) is 16.7 Å². The van der Waals surface area contributed by atoms with Crippen molar-refractivity contribution in [2.75, 3.05) is 12.0 Å². The van der Waals surface area contributed by atoms with Crippen LogP contribution in [0.2, 0.25) is 0 Å². The molecular weight excluding hydrogens is 324 g/mol. The van der Waals surface area contributed by atoms with Gasteiger partial charge in [0.2, 0.25) is 0 Å². The van der Waals surface area contributed by atoms with Gasteiger partial charge < -0.3 is 10.8 Å². The van der Waals surface area contributed by atoms with Crippen LogP contribution in [0.3, 0.4) is 0 Å². The maximum Gasteiger partial charge on any atom is 0.181 e. The molecule has 1 aromatic heterocycles. The molecule has 118 valence electrons. The van der Waals surface area contributed by atoms with E-state index in [2.05, 4.69) is 35.5 Å². The highest BCUT2D eigenvalue weighted by atomic mass is 32.2. The van der Waals surface area contributed by atoms with E-state index in [1.54, 1.807) is 18.7 Å². The zero-order chi connectivity index (χ0) is 16.4. The topological polar surface area (TPSA) is 59.1 Å². The maximum atomic E-state index is 9.64. The summed E-state index contributed by atoms with van der Waals surface area (Å²) in [5.41, 5.74) is 9.86. The number of hydrogen-bond donors (Lipinski definition) is 2. The molecule has 0 fully saturated rings. The van der Waals surface area contributed by atoms with E-state index in [4.69, 9.17) is 5.73 Å². The van der Waals surface area contributed by atoms with Crippen molar-refractivity contribution in [3.8, 4) is 21.7 Å². The quantitative estimate of drug-likeness (QED) is 0.666. The lowest BCUT2D eigenvalue weighted by Gasteiger charge is -2.07. The Labute approximate surface area is 144 Å². The third-order valence-corrected chi connectivity index (χ3v) is 5.34. The fraction of sp³-hybridized carbons (Fsp3) is 0.167. The molecule has 23 heavy (non-hydrogen) atoms. The average molecular weight is 342 g/mol. The molecule has 1 heterocycles. The van der Waals surface area contributed by atoms with Crippen LogP contribution in [0.4, 0.5) is 5.13 Å². The molecule has 0 amide bonds. The number of hydrogen-bond acceptors (Lipinski definition) is 5. The second kappa shape index (κ2) is 6.74. The van der Waals surface area contributed by atoms with Crippen molar-refractivity contribution in [3.05, 3.63) is 54.1 Å². The number of aromatic nitrogens is 1. The minimum absolute atomic E-state index is 0.469. The van der Waals surface area contributed by atoms with Gasteiger partial charge in [0.15, 0.2) is 5.13 Å². The van der Waals surface area contributed by atoms with Crippen molar-refractivity contribution in [1.82, 2.24) is 4.98 Å². The Kier molecular flexibility index (Phi) is 4.71. The largest absolute Gasteiger partial charge is 0.389 e. The van der Waals surface area contributed by atoms with E-state index in [1.807, 2.05) is 24.3 Å². The molecule has 3 nitrogen and oxygen atoms in total. The SMILES string of the molecule is CSc1ccc(-c2sc(N)nc2-c2ccc(C(C)O)cc2)cc1. The molecule has 3 rings (SSSR count). The van der Waals surface area contributed by atoms with Gasteiger partial charge in [0.25, 0.3) is 0 Å². The fourth-order valence-corrected chi connectivity index (χ4v) is 3.66. The van der Waals surface area contributed by atoms with Crippen LogP contribution >= 0.6 is 23.1 Å². The number of aliphatic hydroxyl groups is 1. The van der Waals surface area contributed by atoms with Gasteiger partial charge in [-0.15, -0.1) is 11.8 Å². The van der Waals surface area contributed by atoms with Crippen molar-refractivity contribution in [2.24, 2.45) is 0 Å². The van der Waals surface area contributed by atoms with Crippen molar-refractivity contribution in [2.45, 2.75) is 17.9 Å². The van der Waals surface area contributed by atoms with E-state index in [0.29, 0.717) is 5.13 Å². The Morgan fingerprint density at radius 3 is 2.22 bits per heavy atom. The number of nitrogens with two attached hydrogens (primary N) is 1. The van der Waals surface area contributed by atoms with Gasteiger partial charge in [0, 0.05) is 10.5 Å². The van der Waals surface area contributed by atoms with Gasteiger partial charge in [-0.05, 0) is 36.4 Å². The average Bonchev–Trinajstić information content (AvgIpc) is 2.97. The summed E-state index contributed by atoms with van der Waals surface area (Å²) in [6.07, 6.45) is 1.59. The Balaban J connectivity index is 2.02. The van der Waals surface area contributed by atoms with E-state index in [1.165, 1.54) is 16.2 Å². The van der Waals surface area contributed by atoms with Gasteiger partial charge >= 0.3 is 0 Å². The molecule has 0 bridgehead atoms. The van der Waals surface area contributed by atoms with Crippen LogP contribution in [0.25, 0.3) is 21.7 Å². The minimum atomic E-state index is -0.469. The highest BCUT2D eigenvalue weighted by Crippen LogP contribution is 2.38. The number of nitrogens with zero attached hydrogens (tertiary/aromatic N) is 1. The van der Waals surface area contributed by atoms with Crippen LogP contribution in [0, 0.1) is 0 Å². The first kappa shape index (κ1) is 16.1. The van der Waals surface area contributed by atoms with Crippen molar-refractivity contribution < 1.29 is 5.11 Å². The van der Waals surface area contributed by atoms with E-state index in [-0.39, 0.29) is 0 Å². The summed E-state index contributed by atoms with van der Waals surface area (Å²) in [5.74, 6) is 0. The third kappa shape index (κ3) is 3.42. The number of anilines is 1. The molecule has 0 aliphatic heterocycles. The zero-order valence-corrected chi connectivity index (χ0v) is 14.6. The Morgan fingerprint density at radius 2 is 1.65 bits per heavy atom. The van der Waals surface area contributed by atoms with Gasteiger partial charge in [-0.25, -0.2) is 4.98 Å². The van der Waals surface area contributed by atoms with Gasteiger partial charge in [-0.3, -0.25) is 0 Å². The van der Waals surface area contributed by atoms with Gasteiger partial charge in [0.1, 0.15) is 0 Å². The Morgan fingerprint density at radius 1 is 1.04 bits per heavy atom. The summed E-state index contributed by atoms with van der Waals surface area (Å²) < 4.78 is 0. The third-order valence-electron chi connectivity index (χ3n) is 3.66. The summed E-state index contributed by atoms with van der Waals surface area (Å²) >= 11 is 3.22. The summed E-state index contributed by atoms with van der Waals surface area (Å²) in [6.45, 7) is 1.76. The Hall–Kier alpha value is -1.82. The summed E-state index contributed by atoms with van der Waals surface area (Å²) in [6, 6.07) is 16.2. The van der Waals surface area contributed by atoms with Crippen LogP contribution in [-0.4, -0.2) is 16.3 Å². The van der Waals surface area contributed by atoms with Crippen LogP contribution < -0.4 is 5.73 Å². The summed E-state index contributed by atoms with van der Waals surface area (Å²) in [7, 11) is 0. The standard InChI is InChI=1S/C18H18N2OS2/c1-11(21)12-3-5-13(6-4-12)16-17(23-18(19)20-16)14-7-9-15(22-2)10-8-14/h3-11,21H,1-2H3,(H2,19,20). The van der Waals surface area contributed by atoms with E-state index < -0.39 is 6.10 Å². The highest BCUT2D eigenvalue weighted by molar-refractivity contribution is 7.98. The molecule has 1 unspecified atom stereocenters. The fourth-order valence-electron chi connectivity index (χ4n) is 2.39. The summed E-state index contributed by atoms with van der Waals surface area (Å²) in [4.78, 5) is 6.80. The van der Waals surface area contributed by atoms with E-state index in [0.717, 1.165) is 27.3 Å². The first-order valence-corrected chi connectivity index (χ1v) is 9.31. The van der Waals surface area contributed by atoms with Crippen LogP contribution in [0.5, 0.6) is 0 Å². The normalized spacial score (nSPS) is 12.3. The molecule has 0 aliphatic rings. The first-order valence-electron chi connectivity index (χ1n) is 7.27. The summed E-state index contributed by atoms with van der Waals surface area (Å²) in [5, 5.41) is 10.2. The number of thioether (sulfide) groups is 1. The molecule has 0 aliphatic carbocycles. The molecule has 0 spiro atoms. The lowest BCUT2D eigenvalue weighted by molar-refractivity contribution is 0.199. The van der Waals surface area contributed by atoms with Crippen LogP contribution in [0.1, 0.15) is 18.6 Å². The van der Waals surface area contributed by atoms with Crippen LogP contribution in [-0.2, 0) is 0 Å². The number of thiazole rings is 1. The second-order valence-corrected chi connectivity index (χ2v) is 7.17. The smallest absolute Gasteiger partial charge is 0.181 e. The number of benzene rings is 2. The second-order valence-electron chi connectivity index (χ2n) is 5.26. The molecule has 5 heteroatoms. The molecular formula is C18H18N2OS2. The molecule has 0 saturated heterocycles. The molecule has 1 atom stereocenters. The van der Waals surface area contributed by atoms with Crippen molar-refractivity contribution in [3.63, 3.8) is 0 Å². The predicted molar refractivity (Wildman–Crippen MR) is 99.8 cm³/mol. The molecule has 0 saturated carbocycles. The van der Waals surface area contributed by atoms with Crippen molar-refractivity contribution in [1.29, 1.82) is 0 Å². The van der Waals surface area contributed by atoms with Crippen LogP contribution in [0.15, 0.2) is 53.4 Å². The maximum absolute atomic E-state index is 9.64. The Bertz CT molecular complexity index is 793. The number of rotatable bonds is 4. The first-order chi connectivity index (χ1) is 11.1. The van der Waals surface area contributed by atoms with Gasteiger partial charge in [-0.2, -0.15) is 0 Å². The minimum Gasteiger partial charge on any atom is -0.389 e. The molecule has 0 radical (unpaired) electrons. The number of aliphatic hydroxyl groups excluding tert-OH is 1. The molecule has 3 N–H and O–H groups in total. The lowest BCUT2D eigenvalue weighted by atomic mass is 10.0. The van der Waals surface area contributed by atoms with Crippen molar-refractivity contribution >= 4 is 28.2 Å². The zero-order valence-electron chi connectivity index (χ0n) is 13.0. The monoisotopic (exact) mass is 342 g/mol. The van der Waals surface area contributed by atoms with Gasteiger partial charge in [-0.1, -0.05) is 47.7 Å². The van der Waals surface area contributed by atoms with E-state index in [9.17, 15) is 5.11 Å². The highest BCUT2D eigenvalue weighted by Gasteiger charge is 2.14. The number of nitrogen functional groups attached to an aromatic ring is 1. The van der Waals surface area contributed by atoms with E-state index >= 15 is 0 Å². The predicted octanol–water partition coefficient (Wildman–Crippen LogP) is 4.83. The molecule has 2 aromatic carbocycles. The molecule has 3 aromatic rings. The lowest BCUT2D eigenvalue weighted by Crippen LogP contribution is -1.91.